The van der Waals surface area contributed by atoms with Gasteiger partial charge < -0.3 is 14.1 Å². The smallest absolute Gasteiger partial charge is 0.194 e. The van der Waals surface area contributed by atoms with E-state index in [1.165, 1.54) is 11.1 Å². The molecule has 2 unspecified atom stereocenters. The van der Waals surface area contributed by atoms with Gasteiger partial charge >= 0.3 is 0 Å². The summed E-state index contributed by atoms with van der Waals surface area (Å²) in [5.74, 6) is 0. The Bertz CT molecular complexity index is 1080. The first-order valence-corrected chi connectivity index (χ1v) is 8.57. The van der Waals surface area contributed by atoms with Crippen molar-refractivity contribution in [2.45, 2.75) is 18.6 Å². The molecule has 5 rings (SSSR count). The predicted molar refractivity (Wildman–Crippen MR) is 96.6 cm³/mol. The number of hydrogen-bond acceptors (Lipinski definition) is 3. The van der Waals surface area contributed by atoms with Gasteiger partial charge in [-0.1, -0.05) is 30.3 Å². The summed E-state index contributed by atoms with van der Waals surface area (Å²) in [6.07, 6.45) is 3.71. The third kappa shape index (κ3) is 2.29. The van der Waals surface area contributed by atoms with Crippen LogP contribution in [0, 0.1) is 0 Å². The Balaban J connectivity index is 1.50. The van der Waals surface area contributed by atoms with Gasteiger partial charge in [-0.15, -0.1) is 0 Å². The van der Waals surface area contributed by atoms with E-state index in [1.807, 2.05) is 42.9 Å². The maximum absolute atomic E-state index is 10.8. The fourth-order valence-corrected chi connectivity index (χ4v) is 3.96. The predicted octanol–water partition coefficient (Wildman–Crippen LogP) is 4.98. The van der Waals surface area contributed by atoms with Crippen LogP contribution in [0.3, 0.4) is 0 Å². The van der Waals surface area contributed by atoms with E-state index in [-0.39, 0.29) is 6.04 Å². The van der Waals surface area contributed by atoms with Crippen LogP contribution in [-0.2, 0) is 0 Å². The van der Waals surface area contributed by atoms with Crippen LogP contribution in [0.2, 0.25) is 5.22 Å². The van der Waals surface area contributed by atoms with Crippen LogP contribution in [-0.4, -0.2) is 14.7 Å². The number of fused-ring (bicyclic) bond motifs is 4. The van der Waals surface area contributed by atoms with Crippen LogP contribution >= 0.6 is 11.6 Å². The lowest BCUT2D eigenvalue weighted by Gasteiger charge is -2.19. The van der Waals surface area contributed by atoms with E-state index in [0.29, 0.717) is 11.6 Å². The minimum Gasteiger partial charge on any atom is -0.445 e. The van der Waals surface area contributed by atoms with Crippen molar-refractivity contribution in [2.24, 2.45) is 0 Å². The molecule has 3 heterocycles. The topological polar surface area (TPSA) is 51.2 Å². The molecule has 2 aromatic carbocycles. The summed E-state index contributed by atoms with van der Waals surface area (Å²) in [5.41, 5.74) is 5.10. The molecule has 2 aromatic heterocycles. The van der Waals surface area contributed by atoms with Crippen molar-refractivity contribution in [3.63, 3.8) is 0 Å². The lowest BCUT2D eigenvalue weighted by molar-refractivity contribution is 0.154. The average Bonchev–Trinajstić information content (AvgIpc) is 3.29. The van der Waals surface area contributed by atoms with E-state index in [2.05, 4.69) is 21.7 Å². The second-order valence-electron chi connectivity index (χ2n) is 6.39. The molecule has 0 aliphatic carbocycles. The molecule has 0 saturated carbocycles. The lowest BCUT2D eigenvalue weighted by atomic mass is 9.95. The van der Waals surface area contributed by atoms with Crippen LogP contribution in [0.4, 0.5) is 0 Å². The summed E-state index contributed by atoms with van der Waals surface area (Å²) in [4.78, 5) is 4.27. The number of rotatable bonds is 3. The van der Waals surface area contributed by atoms with E-state index in [1.54, 1.807) is 6.07 Å². The van der Waals surface area contributed by atoms with Crippen molar-refractivity contribution >= 4 is 22.6 Å². The highest BCUT2D eigenvalue weighted by atomic mass is 35.5. The standard InChI is InChI=1S/C20H15ClN2O2/c21-20-8-13-7-12(5-6-19(13)25-20)18(24)9-16-14-3-1-2-4-15(14)17-10-22-11-23(16)17/h1-8,10-11,16,18,24H,9H2. The molecule has 0 fully saturated rings. The first-order valence-electron chi connectivity index (χ1n) is 8.19. The maximum atomic E-state index is 10.8. The highest BCUT2D eigenvalue weighted by molar-refractivity contribution is 6.29. The Labute approximate surface area is 149 Å². The van der Waals surface area contributed by atoms with Crippen molar-refractivity contribution in [3.05, 3.63) is 77.4 Å². The molecule has 0 bridgehead atoms. The van der Waals surface area contributed by atoms with Crippen molar-refractivity contribution in [1.82, 2.24) is 9.55 Å². The molecule has 0 radical (unpaired) electrons. The van der Waals surface area contributed by atoms with Crippen LogP contribution < -0.4 is 0 Å². The highest BCUT2D eigenvalue weighted by Gasteiger charge is 2.30. The lowest BCUT2D eigenvalue weighted by Crippen LogP contribution is -2.10. The second kappa shape index (κ2) is 5.48. The molecule has 0 amide bonds. The summed E-state index contributed by atoms with van der Waals surface area (Å²) in [5, 5.41) is 12.1. The number of halogens is 1. The van der Waals surface area contributed by atoms with Crippen molar-refractivity contribution in [2.75, 3.05) is 0 Å². The van der Waals surface area contributed by atoms with Crippen molar-refractivity contribution in [3.8, 4) is 11.3 Å². The Morgan fingerprint density at radius 2 is 2.08 bits per heavy atom. The van der Waals surface area contributed by atoms with E-state index in [4.69, 9.17) is 16.0 Å². The van der Waals surface area contributed by atoms with Gasteiger partial charge in [-0.05, 0) is 34.9 Å². The Hall–Kier alpha value is -2.56. The summed E-state index contributed by atoms with van der Waals surface area (Å²) in [6.45, 7) is 0. The van der Waals surface area contributed by atoms with E-state index in [0.717, 1.165) is 22.2 Å². The van der Waals surface area contributed by atoms with Crippen LogP contribution in [0.15, 0.2) is 65.5 Å². The number of furan rings is 1. The largest absolute Gasteiger partial charge is 0.445 e. The zero-order valence-electron chi connectivity index (χ0n) is 13.3. The number of hydrogen-bond donors (Lipinski definition) is 1. The van der Waals surface area contributed by atoms with Gasteiger partial charge in [0.05, 0.1) is 30.4 Å². The third-order valence-corrected chi connectivity index (χ3v) is 5.13. The molecular formula is C20H15ClN2O2. The van der Waals surface area contributed by atoms with Crippen LogP contribution in [0.1, 0.15) is 29.7 Å². The van der Waals surface area contributed by atoms with Gasteiger partial charge in [0.2, 0.25) is 0 Å². The number of aliphatic hydroxyl groups excluding tert-OH is 1. The zero-order chi connectivity index (χ0) is 17.0. The van der Waals surface area contributed by atoms with Gasteiger partial charge in [0.1, 0.15) is 5.58 Å². The van der Waals surface area contributed by atoms with Gasteiger partial charge in [-0.25, -0.2) is 4.98 Å². The normalized spacial score (nSPS) is 16.8. The minimum absolute atomic E-state index is 0.0762. The van der Waals surface area contributed by atoms with Gasteiger partial charge in [0.25, 0.3) is 0 Å². The summed E-state index contributed by atoms with van der Waals surface area (Å²) >= 11 is 5.91. The van der Waals surface area contributed by atoms with Gasteiger partial charge in [0, 0.05) is 23.4 Å². The molecule has 4 aromatic rings. The third-order valence-electron chi connectivity index (χ3n) is 4.94. The molecule has 1 aliphatic heterocycles. The fraction of sp³-hybridized carbons (Fsp3) is 0.150. The maximum Gasteiger partial charge on any atom is 0.194 e. The quantitative estimate of drug-likeness (QED) is 0.567. The number of imidazole rings is 1. The number of aliphatic hydroxyl groups is 1. The van der Waals surface area contributed by atoms with Crippen LogP contribution in [0.5, 0.6) is 0 Å². The van der Waals surface area contributed by atoms with Gasteiger partial charge in [-0.2, -0.15) is 0 Å². The number of benzene rings is 2. The molecule has 1 N–H and O–H groups in total. The van der Waals surface area contributed by atoms with E-state index < -0.39 is 6.10 Å². The second-order valence-corrected chi connectivity index (χ2v) is 6.76. The Morgan fingerprint density at radius 1 is 1.20 bits per heavy atom. The first-order chi connectivity index (χ1) is 12.2. The van der Waals surface area contributed by atoms with Crippen molar-refractivity contribution in [1.29, 1.82) is 0 Å². The first kappa shape index (κ1) is 14.8. The molecule has 25 heavy (non-hydrogen) atoms. The summed E-state index contributed by atoms with van der Waals surface area (Å²) in [6, 6.07) is 15.8. The molecular weight excluding hydrogens is 336 g/mol. The summed E-state index contributed by atoms with van der Waals surface area (Å²) < 4.78 is 7.53. The molecule has 0 saturated heterocycles. The minimum atomic E-state index is -0.593. The molecule has 124 valence electrons. The average molecular weight is 351 g/mol. The zero-order valence-corrected chi connectivity index (χ0v) is 14.0. The number of nitrogens with zero attached hydrogens (tertiary/aromatic N) is 2. The molecule has 4 nitrogen and oxygen atoms in total. The highest BCUT2D eigenvalue weighted by Crippen LogP contribution is 2.43. The van der Waals surface area contributed by atoms with Gasteiger partial charge in [-0.3, -0.25) is 0 Å². The molecule has 2 atom stereocenters. The molecule has 1 aliphatic rings. The SMILES string of the molecule is OC(CC1c2ccccc2-c2cncn21)c1ccc2oc(Cl)cc2c1. The number of aromatic nitrogens is 2. The summed E-state index contributed by atoms with van der Waals surface area (Å²) in [7, 11) is 0. The van der Waals surface area contributed by atoms with Crippen LogP contribution in [0.25, 0.3) is 22.2 Å². The molecule has 5 heteroatoms. The van der Waals surface area contributed by atoms with Crippen molar-refractivity contribution < 1.29 is 9.52 Å². The Morgan fingerprint density at radius 3 is 3.00 bits per heavy atom. The monoisotopic (exact) mass is 350 g/mol. The van der Waals surface area contributed by atoms with Gasteiger partial charge in [0.15, 0.2) is 5.22 Å². The van der Waals surface area contributed by atoms with E-state index in [9.17, 15) is 5.11 Å². The Kier molecular flexibility index (Phi) is 3.23. The fourth-order valence-electron chi connectivity index (χ4n) is 3.76. The van der Waals surface area contributed by atoms with E-state index >= 15 is 0 Å². The molecule has 0 spiro atoms.